The molecular formula is C21H23N3O5S. The first-order valence-corrected chi connectivity index (χ1v) is 10.4. The zero-order valence-electron chi connectivity index (χ0n) is 16.8. The molecule has 8 nitrogen and oxygen atoms in total. The average Bonchev–Trinajstić information content (AvgIpc) is 3.44. The maximum absolute atomic E-state index is 12.1. The van der Waals surface area contributed by atoms with Gasteiger partial charge in [-0.2, -0.15) is 16.3 Å². The van der Waals surface area contributed by atoms with Crippen molar-refractivity contribution in [3.8, 4) is 17.1 Å². The van der Waals surface area contributed by atoms with Crippen molar-refractivity contribution in [2.24, 2.45) is 0 Å². The van der Waals surface area contributed by atoms with E-state index >= 15 is 0 Å². The summed E-state index contributed by atoms with van der Waals surface area (Å²) in [7, 11) is 1.61. The lowest BCUT2D eigenvalue weighted by Gasteiger charge is -2.13. The lowest BCUT2D eigenvalue weighted by atomic mass is 10.1. The Morgan fingerprint density at radius 3 is 2.70 bits per heavy atom. The van der Waals surface area contributed by atoms with E-state index in [-0.39, 0.29) is 18.7 Å². The minimum Gasteiger partial charge on any atom is -0.497 e. The standard InChI is InChI=1S/C21H23N3O5S/c1-14(21(26)22-11-9-15-3-5-17(27-2)6-4-15)28-19(25)8-7-18-23-20(24-29-18)16-10-12-30-13-16/h3-6,10,12-14H,7-9,11H2,1-2H3,(H,22,26). The van der Waals surface area contributed by atoms with E-state index in [1.807, 2.05) is 41.1 Å². The zero-order valence-corrected chi connectivity index (χ0v) is 17.6. The molecule has 1 unspecified atom stereocenters. The van der Waals surface area contributed by atoms with Gasteiger partial charge >= 0.3 is 5.97 Å². The molecule has 158 valence electrons. The molecule has 0 spiro atoms. The van der Waals surface area contributed by atoms with Crippen molar-refractivity contribution in [2.45, 2.75) is 32.3 Å². The number of rotatable bonds is 10. The van der Waals surface area contributed by atoms with E-state index in [2.05, 4.69) is 15.5 Å². The zero-order chi connectivity index (χ0) is 21.3. The van der Waals surface area contributed by atoms with Gasteiger partial charge in [0, 0.05) is 23.9 Å². The molecule has 0 radical (unpaired) electrons. The molecule has 1 atom stereocenters. The van der Waals surface area contributed by atoms with Crippen LogP contribution in [0.4, 0.5) is 0 Å². The van der Waals surface area contributed by atoms with Gasteiger partial charge in [0.2, 0.25) is 11.7 Å². The molecule has 2 heterocycles. The molecule has 1 amide bonds. The summed E-state index contributed by atoms with van der Waals surface area (Å²) in [5.41, 5.74) is 1.94. The van der Waals surface area contributed by atoms with Crippen molar-refractivity contribution in [2.75, 3.05) is 13.7 Å². The van der Waals surface area contributed by atoms with Crippen LogP contribution in [0, 0.1) is 0 Å². The van der Waals surface area contributed by atoms with E-state index in [0.717, 1.165) is 16.9 Å². The molecule has 2 aromatic heterocycles. The topological polar surface area (TPSA) is 104 Å². The number of thiophene rings is 1. The van der Waals surface area contributed by atoms with E-state index in [9.17, 15) is 9.59 Å². The normalized spacial score (nSPS) is 11.7. The van der Waals surface area contributed by atoms with Crippen LogP contribution < -0.4 is 10.1 Å². The van der Waals surface area contributed by atoms with Crippen molar-refractivity contribution in [1.29, 1.82) is 0 Å². The summed E-state index contributed by atoms with van der Waals surface area (Å²) in [6, 6.07) is 9.51. The smallest absolute Gasteiger partial charge is 0.307 e. The maximum atomic E-state index is 12.1. The number of nitrogens with one attached hydrogen (secondary N) is 1. The van der Waals surface area contributed by atoms with Gasteiger partial charge in [-0.3, -0.25) is 9.59 Å². The molecule has 30 heavy (non-hydrogen) atoms. The highest BCUT2D eigenvalue weighted by atomic mass is 32.1. The lowest BCUT2D eigenvalue weighted by Crippen LogP contribution is -2.36. The number of aryl methyl sites for hydroxylation is 1. The first-order valence-electron chi connectivity index (χ1n) is 9.50. The SMILES string of the molecule is COc1ccc(CCNC(=O)C(C)OC(=O)CCc2nc(-c3ccsc3)no2)cc1. The van der Waals surface area contributed by atoms with Gasteiger partial charge in [-0.15, -0.1) is 0 Å². The summed E-state index contributed by atoms with van der Waals surface area (Å²) in [4.78, 5) is 28.4. The van der Waals surface area contributed by atoms with E-state index in [4.69, 9.17) is 14.0 Å². The van der Waals surface area contributed by atoms with E-state index < -0.39 is 12.1 Å². The van der Waals surface area contributed by atoms with Gasteiger partial charge < -0.3 is 19.3 Å². The van der Waals surface area contributed by atoms with Gasteiger partial charge in [-0.25, -0.2) is 0 Å². The fraction of sp³-hybridized carbons (Fsp3) is 0.333. The number of hydrogen-bond acceptors (Lipinski definition) is 8. The van der Waals surface area contributed by atoms with Crippen molar-refractivity contribution < 1.29 is 23.6 Å². The second-order valence-electron chi connectivity index (χ2n) is 6.54. The Hall–Kier alpha value is -3.20. The fourth-order valence-electron chi connectivity index (χ4n) is 2.65. The van der Waals surface area contributed by atoms with E-state index in [1.54, 1.807) is 14.0 Å². The molecule has 1 N–H and O–H groups in total. The van der Waals surface area contributed by atoms with Crippen LogP contribution in [0.2, 0.25) is 0 Å². The third kappa shape index (κ3) is 6.15. The third-order valence-corrected chi connectivity index (χ3v) is 5.02. The molecule has 0 fully saturated rings. The van der Waals surface area contributed by atoms with Crippen LogP contribution in [-0.4, -0.2) is 41.8 Å². The molecule has 0 aliphatic heterocycles. The number of ether oxygens (including phenoxy) is 2. The number of methoxy groups -OCH3 is 1. The molecule has 3 aromatic rings. The predicted molar refractivity (Wildman–Crippen MR) is 111 cm³/mol. The Bertz CT molecular complexity index is 953. The number of hydrogen-bond donors (Lipinski definition) is 1. The van der Waals surface area contributed by atoms with Crippen molar-refractivity contribution in [3.05, 3.63) is 52.5 Å². The van der Waals surface area contributed by atoms with Crippen LogP contribution in [0.1, 0.15) is 24.8 Å². The molecule has 3 rings (SSSR count). The maximum Gasteiger partial charge on any atom is 0.307 e. The van der Waals surface area contributed by atoms with Crippen LogP contribution >= 0.6 is 11.3 Å². The largest absolute Gasteiger partial charge is 0.497 e. The Labute approximate surface area is 178 Å². The van der Waals surface area contributed by atoms with Crippen LogP contribution in [0.5, 0.6) is 5.75 Å². The number of carbonyl (C=O) groups is 2. The first-order chi connectivity index (χ1) is 14.5. The second-order valence-corrected chi connectivity index (χ2v) is 7.32. The minimum absolute atomic E-state index is 0.0503. The highest BCUT2D eigenvalue weighted by Crippen LogP contribution is 2.19. The number of amides is 1. The molecule has 0 saturated heterocycles. The summed E-state index contributed by atoms with van der Waals surface area (Å²) in [6.07, 6.45) is 0.0914. The first kappa shape index (κ1) is 21.5. The van der Waals surface area contributed by atoms with Crippen LogP contribution in [0.15, 0.2) is 45.6 Å². The van der Waals surface area contributed by atoms with Crippen LogP contribution in [-0.2, 0) is 27.2 Å². The third-order valence-electron chi connectivity index (χ3n) is 4.34. The van der Waals surface area contributed by atoms with Gasteiger partial charge in [0.15, 0.2) is 6.10 Å². The summed E-state index contributed by atoms with van der Waals surface area (Å²) in [5, 5.41) is 10.5. The van der Waals surface area contributed by atoms with Gasteiger partial charge in [-0.05, 0) is 42.5 Å². The quantitative estimate of drug-likeness (QED) is 0.494. The Kier molecular flexibility index (Phi) is 7.56. The second kappa shape index (κ2) is 10.5. The highest BCUT2D eigenvalue weighted by Gasteiger charge is 2.18. The monoisotopic (exact) mass is 429 g/mol. The summed E-state index contributed by atoms with van der Waals surface area (Å²) in [5.74, 6) is 0.790. The number of nitrogens with zero attached hydrogens (tertiary/aromatic N) is 2. The highest BCUT2D eigenvalue weighted by molar-refractivity contribution is 7.08. The minimum atomic E-state index is -0.877. The van der Waals surface area contributed by atoms with Crippen LogP contribution in [0.3, 0.4) is 0 Å². The molecule has 1 aromatic carbocycles. The number of aromatic nitrogens is 2. The molecule has 0 saturated carbocycles. The van der Waals surface area contributed by atoms with Gasteiger partial charge in [0.1, 0.15) is 5.75 Å². The molecular weight excluding hydrogens is 406 g/mol. The Morgan fingerprint density at radius 2 is 2.00 bits per heavy atom. The van der Waals surface area contributed by atoms with Gasteiger partial charge in [0.25, 0.3) is 5.91 Å². The van der Waals surface area contributed by atoms with Crippen molar-refractivity contribution in [1.82, 2.24) is 15.5 Å². The van der Waals surface area contributed by atoms with E-state index in [1.165, 1.54) is 11.3 Å². The number of carbonyl (C=O) groups excluding carboxylic acids is 2. The molecule has 0 aliphatic rings. The van der Waals surface area contributed by atoms with Crippen LogP contribution in [0.25, 0.3) is 11.4 Å². The molecule has 0 aliphatic carbocycles. The molecule has 9 heteroatoms. The summed E-state index contributed by atoms with van der Waals surface area (Å²) < 4.78 is 15.5. The van der Waals surface area contributed by atoms with E-state index in [0.29, 0.717) is 24.7 Å². The summed E-state index contributed by atoms with van der Waals surface area (Å²) >= 11 is 1.54. The van der Waals surface area contributed by atoms with Gasteiger partial charge in [0.05, 0.1) is 13.5 Å². The van der Waals surface area contributed by atoms with Crippen molar-refractivity contribution >= 4 is 23.2 Å². The van der Waals surface area contributed by atoms with Crippen molar-refractivity contribution in [3.63, 3.8) is 0 Å². The average molecular weight is 429 g/mol. The Morgan fingerprint density at radius 1 is 1.20 bits per heavy atom. The molecule has 0 bridgehead atoms. The fourth-order valence-corrected chi connectivity index (χ4v) is 3.28. The van der Waals surface area contributed by atoms with Gasteiger partial charge in [-0.1, -0.05) is 17.3 Å². The summed E-state index contributed by atoms with van der Waals surface area (Å²) in [6.45, 7) is 1.99. The number of esters is 1. The predicted octanol–water partition coefficient (Wildman–Crippen LogP) is 3.03. The lowest BCUT2D eigenvalue weighted by molar-refractivity contribution is -0.154. The number of benzene rings is 1. The Balaban J connectivity index is 1.36.